The fourth-order valence-electron chi connectivity index (χ4n) is 2.60. The molecule has 2 rings (SSSR count). The Hall–Kier alpha value is -1.26. The average Bonchev–Trinajstić information content (AvgIpc) is 2.46. The van der Waals surface area contributed by atoms with Crippen molar-refractivity contribution in [2.45, 2.75) is 32.7 Å². The molecule has 1 heterocycles. The van der Waals surface area contributed by atoms with Gasteiger partial charge in [0.15, 0.2) is 0 Å². The molecule has 0 amide bonds. The van der Waals surface area contributed by atoms with E-state index in [9.17, 15) is 4.79 Å². The van der Waals surface area contributed by atoms with Crippen LogP contribution in [0.5, 0.6) is 0 Å². The van der Waals surface area contributed by atoms with Crippen LogP contribution in [0.4, 0.5) is 5.69 Å². The Morgan fingerprint density at radius 3 is 2.67 bits per heavy atom. The summed E-state index contributed by atoms with van der Waals surface area (Å²) in [6, 6.07) is 7.42. The third-order valence-corrected chi connectivity index (χ3v) is 3.88. The van der Waals surface area contributed by atoms with E-state index in [1.165, 1.54) is 6.42 Å². The van der Waals surface area contributed by atoms with Crippen LogP contribution in [0.1, 0.15) is 37.0 Å². The molecule has 1 saturated heterocycles. The molecule has 1 atom stereocenters. The summed E-state index contributed by atoms with van der Waals surface area (Å²) in [5.74, 6) is 0.190. The number of anilines is 1. The van der Waals surface area contributed by atoms with Gasteiger partial charge >= 0.3 is 5.97 Å². The summed E-state index contributed by atoms with van der Waals surface area (Å²) in [4.78, 5) is 14.4. The van der Waals surface area contributed by atoms with Gasteiger partial charge in [0.1, 0.15) is 0 Å². The molecule has 1 aliphatic heterocycles. The number of benzene rings is 1. The molecule has 5 heteroatoms. The predicted molar refractivity (Wildman–Crippen MR) is 87.8 cm³/mol. The first-order valence-corrected chi connectivity index (χ1v) is 7.33. The highest BCUT2D eigenvalue weighted by Crippen LogP contribution is 2.19. The summed E-state index contributed by atoms with van der Waals surface area (Å²) in [7, 11) is 0. The zero-order valence-electron chi connectivity index (χ0n) is 12.7. The van der Waals surface area contributed by atoms with Gasteiger partial charge < -0.3 is 15.4 Å². The lowest BCUT2D eigenvalue weighted by molar-refractivity contribution is 0.0328. The Balaban J connectivity index is 0.00000220. The number of hydrogen-bond acceptors (Lipinski definition) is 4. The number of hydrogen-bond donors (Lipinski definition) is 1. The van der Waals surface area contributed by atoms with E-state index in [4.69, 9.17) is 10.5 Å². The average molecular weight is 313 g/mol. The number of ether oxygens (including phenoxy) is 1. The Morgan fingerprint density at radius 1 is 1.38 bits per heavy atom. The topological polar surface area (TPSA) is 55.6 Å². The first kappa shape index (κ1) is 17.8. The Morgan fingerprint density at radius 2 is 2.05 bits per heavy atom. The minimum absolute atomic E-state index is 0. The molecule has 1 aromatic rings. The standard InChI is InChI=1S/C16H24N2O2.ClH/c1-12(2)18-9-3-4-13(10-18)11-20-16(19)14-5-7-15(17)8-6-14;/h5-8,12-13H,3-4,9-11,17H2,1-2H3;1H. The van der Waals surface area contributed by atoms with E-state index in [1.807, 2.05) is 0 Å². The smallest absolute Gasteiger partial charge is 0.338 e. The van der Waals surface area contributed by atoms with Crippen LogP contribution >= 0.6 is 12.4 Å². The summed E-state index contributed by atoms with van der Waals surface area (Å²) < 4.78 is 5.43. The van der Waals surface area contributed by atoms with Gasteiger partial charge in [-0.25, -0.2) is 4.79 Å². The van der Waals surface area contributed by atoms with Crippen LogP contribution in [0, 0.1) is 5.92 Å². The van der Waals surface area contributed by atoms with Gasteiger partial charge in [0.05, 0.1) is 12.2 Å². The van der Waals surface area contributed by atoms with Crippen LogP contribution in [0.25, 0.3) is 0 Å². The van der Waals surface area contributed by atoms with Gasteiger partial charge in [-0.1, -0.05) is 0 Å². The number of nitrogen functional groups attached to an aromatic ring is 1. The van der Waals surface area contributed by atoms with Gasteiger partial charge in [0, 0.05) is 24.2 Å². The van der Waals surface area contributed by atoms with Crippen molar-refractivity contribution < 1.29 is 9.53 Å². The summed E-state index contributed by atoms with van der Waals surface area (Å²) in [5.41, 5.74) is 6.82. The summed E-state index contributed by atoms with van der Waals surface area (Å²) in [6.07, 6.45) is 2.32. The van der Waals surface area contributed by atoms with E-state index < -0.39 is 0 Å². The molecule has 0 aromatic heterocycles. The molecule has 1 unspecified atom stereocenters. The van der Waals surface area contributed by atoms with Gasteiger partial charge in [-0.15, -0.1) is 12.4 Å². The minimum atomic E-state index is -0.258. The number of halogens is 1. The zero-order valence-corrected chi connectivity index (χ0v) is 13.6. The molecule has 2 N–H and O–H groups in total. The number of likely N-dealkylation sites (tertiary alicyclic amines) is 1. The van der Waals surface area contributed by atoms with E-state index in [2.05, 4.69) is 18.7 Å². The first-order valence-electron chi connectivity index (χ1n) is 7.33. The molecule has 1 aromatic carbocycles. The second kappa shape index (κ2) is 8.25. The van der Waals surface area contributed by atoms with E-state index in [1.54, 1.807) is 24.3 Å². The second-order valence-electron chi connectivity index (χ2n) is 5.82. The summed E-state index contributed by atoms with van der Waals surface area (Å²) in [5, 5.41) is 0. The van der Waals surface area contributed by atoms with Gasteiger partial charge in [0.2, 0.25) is 0 Å². The molecule has 0 saturated carbocycles. The number of carbonyl (C=O) groups excluding carboxylic acids is 1. The Labute approximate surface area is 133 Å². The fraction of sp³-hybridized carbons (Fsp3) is 0.562. The predicted octanol–water partition coefficient (Wildman–Crippen LogP) is 2.97. The lowest BCUT2D eigenvalue weighted by Crippen LogP contribution is -2.41. The monoisotopic (exact) mass is 312 g/mol. The molecular weight excluding hydrogens is 288 g/mol. The fourth-order valence-corrected chi connectivity index (χ4v) is 2.60. The number of carbonyl (C=O) groups is 1. The normalized spacial score (nSPS) is 19.1. The zero-order chi connectivity index (χ0) is 14.5. The number of rotatable bonds is 4. The van der Waals surface area contributed by atoms with Crippen LogP contribution < -0.4 is 5.73 Å². The molecule has 0 spiro atoms. The number of nitrogens with two attached hydrogens (primary N) is 1. The molecular formula is C16H25ClN2O2. The quantitative estimate of drug-likeness (QED) is 0.686. The number of piperidine rings is 1. The minimum Gasteiger partial charge on any atom is -0.462 e. The molecule has 4 nitrogen and oxygen atoms in total. The van der Waals surface area contributed by atoms with Crippen LogP contribution in [0.2, 0.25) is 0 Å². The Bertz CT molecular complexity index is 448. The van der Waals surface area contributed by atoms with Crippen molar-refractivity contribution in [1.29, 1.82) is 0 Å². The molecule has 0 bridgehead atoms. The van der Waals surface area contributed by atoms with E-state index >= 15 is 0 Å². The molecule has 0 aliphatic carbocycles. The van der Waals surface area contributed by atoms with Crippen molar-refractivity contribution in [3.8, 4) is 0 Å². The summed E-state index contributed by atoms with van der Waals surface area (Å²) in [6.45, 7) is 7.10. The van der Waals surface area contributed by atoms with E-state index in [0.717, 1.165) is 19.5 Å². The van der Waals surface area contributed by atoms with Crippen LogP contribution in [0.15, 0.2) is 24.3 Å². The molecule has 0 radical (unpaired) electrons. The van der Waals surface area contributed by atoms with Gasteiger partial charge in [-0.2, -0.15) is 0 Å². The van der Waals surface area contributed by atoms with Crippen molar-refractivity contribution in [1.82, 2.24) is 4.90 Å². The second-order valence-corrected chi connectivity index (χ2v) is 5.82. The van der Waals surface area contributed by atoms with Crippen molar-refractivity contribution in [3.63, 3.8) is 0 Å². The van der Waals surface area contributed by atoms with Gasteiger partial charge in [0.25, 0.3) is 0 Å². The molecule has 21 heavy (non-hydrogen) atoms. The lowest BCUT2D eigenvalue weighted by atomic mass is 9.98. The van der Waals surface area contributed by atoms with Crippen molar-refractivity contribution >= 4 is 24.1 Å². The molecule has 1 aliphatic rings. The molecule has 1 fully saturated rings. The van der Waals surface area contributed by atoms with Crippen molar-refractivity contribution in [2.24, 2.45) is 5.92 Å². The van der Waals surface area contributed by atoms with Crippen LogP contribution in [-0.4, -0.2) is 36.6 Å². The van der Waals surface area contributed by atoms with Crippen molar-refractivity contribution in [2.75, 3.05) is 25.4 Å². The third-order valence-electron chi connectivity index (χ3n) is 3.88. The largest absolute Gasteiger partial charge is 0.462 e. The first-order chi connectivity index (χ1) is 9.56. The van der Waals surface area contributed by atoms with Gasteiger partial charge in [-0.3, -0.25) is 0 Å². The van der Waals surface area contributed by atoms with Crippen LogP contribution in [-0.2, 0) is 4.74 Å². The van der Waals surface area contributed by atoms with Crippen molar-refractivity contribution in [3.05, 3.63) is 29.8 Å². The number of nitrogens with zero attached hydrogens (tertiary/aromatic N) is 1. The maximum atomic E-state index is 11.9. The third kappa shape index (κ3) is 5.21. The van der Waals surface area contributed by atoms with E-state index in [0.29, 0.717) is 29.8 Å². The SMILES string of the molecule is CC(C)N1CCCC(COC(=O)c2ccc(N)cc2)C1.Cl. The number of esters is 1. The summed E-state index contributed by atoms with van der Waals surface area (Å²) >= 11 is 0. The highest BCUT2D eigenvalue weighted by Gasteiger charge is 2.22. The highest BCUT2D eigenvalue weighted by molar-refractivity contribution is 5.89. The Kier molecular flexibility index (Phi) is 6.99. The molecule has 118 valence electrons. The maximum Gasteiger partial charge on any atom is 0.338 e. The lowest BCUT2D eigenvalue weighted by Gasteiger charge is -2.35. The van der Waals surface area contributed by atoms with Crippen LogP contribution in [0.3, 0.4) is 0 Å². The maximum absolute atomic E-state index is 11.9. The van der Waals surface area contributed by atoms with E-state index in [-0.39, 0.29) is 18.4 Å². The van der Waals surface area contributed by atoms with Gasteiger partial charge in [-0.05, 0) is 57.5 Å². The highest BCUT2D eigenvalue weighted by atomic mass is 35.5.